The highest BCUT2D eigenvalue weighted by molar-refractivity contribution is 5.37. The fourth-order valence-electron chi connectivity index (χ4n) is 2.81. The number of ether oxygens (including phenoxy) is 1. The minimum Gasteiger partial charge on any atom is -0.493 e. The van der Waals surface area contributed by atoms with Crippen LogP contribution in [0.5, 0.6) is 5.75 Å². The maximum atomic E-state index is 13.4. The summed E-state index contributed by atoms with van der Waals surface area (Å²) in [7, 11) is 0. The van der Waals surface area contributed by atoms with Gasteiger partial charge in [0.05, 0.1) is 6.61 Å². The largest absolute Gasteiger partial charge is 0.493 e. The zero-order valence-corrected chi connectivity index (χ0v) is 11.5. The lowest BCUT2D eigenvalue weighted by atomic mass is 9.85. The van der Waals surface area contributed by atoms with Gasteiger partial charge in [0.25, 0.3) is 0 Å². The van der Waals surface area contributed by atoms with Gasteiger partial charge in [-0.1, -0.05) is 24.3 Å². The van der Waals surface area contributed by atoms with Crippen LogP contribution in [0.25, 0.3) is 0 Å². The van der Waals surface area contributed by atoms with Crippen molar-refractivity contribution in [2.24, 2.45) is 11.7 Å². The molecule has 2 atom stereocenters. The smallest absolute Gasteiger partial charge is 0.123 e. The fourth-order valence-corrected chi connectivity index (χ4v) is 2.81. The number of rotatable bonds is 2. The first kappa shape index (κ1) is 13.1. The van der Waals surface area contributed by atoms with Crippen LogP contribution in [-0.2, 0) is 6.42 Å². The number of para-hydroxylation sites is 1. The molecule has 3 heteroatoms. The molecule has 20 heavy (non-hydrogen) atoms. The van der Waals surface area contributed by atoms with Crippen molar-refractivity contribution in [2.75, 3.05) is 6.61 Å². The second-order valence-electron chi connectivity index (χ2n) is 5.41. The van der Waals surface area contributed by atoms with Crippen molar-refractivity contribution in [3.8, 4) is 5.75 Å². The van der Waals surface area contributed by atoms with Gasteiger partial charge in [0.2, 0.25) is 0 Å². The number of halogens is 1. The Hall–Kier alpha value is -1.87. The minimum atomic E-state index is -0.238. The van der Waals surface area contributed by atoms with Crippen molar-refractivity contribution >= 4 is 0 Å². The zero-order chi connectivity index (χ0) is 14.1. The van der Waals surface area contributed by atoms with Gasteiger partial charge in [0.15, 0.2) is 0 Å². The molecule has 0 radical (unpaired) electrons. The number of fused-ring (bicyclic) bond motifs is 1. The molecule has 2 aromatic rings. The van der Waals surface area contributed by atoms with Gasteiger partial charge < -0.3 is 10.5 Å². The van der Waals surface area contributed by atoms with Crippen LogP contribution in [0, 0.1) is 18.7 Å². The lowest BCUT2D eigenvalue weighted by Crippen LogP contribution is -2.31. The van der Waals surface area contributed by atoms with E-state index < -0.39 is 0 Å². The van der Waals surface area contributed by atoms with Crippen LogP contribution >= 0.6 is 0 Å². The third kappa shape index (κ3) is 2.41. The summed E-state index contributed by atoms with van der Waals surface area (Å²) in [4.78, 5) is 0. The lowest BCUT2D eigenvalue weighted by molar-refractivity contribution is 0.199. The molecule has 2 N–H and O–H groups in total. The first-order chi connectivity index (χ1) is 9.65. The van der Waals surface area contributed by atoms with Crippen molar-refractivity contribution < 1.29 is 9.13 Å². The second-order valence-corrected chi connectivity index (χ2v) is 5.41. The summed E-state index contributed by atoms with van der Waals surface area (Å²) in [5, 5.41) is 0. The molecular formula is C17H18FNO. The Balaban J connectivity index is 1.85. The first-order valence-electron chi connectivity index (χ1n) is 6.87. The topological polar surface area (TPSA) is 35.2 Å². The van der Waals surface area contributed by atoms with E-state index in [-0.39, 0.29) is 17.8 Å². The normalized spacial score (nSPS) is 19.1. The molecule has 0 saturated heterocycles. The summed E-state index contributed by atoms with van der Waals surface area (Å²) in [6.07, 6.45) is 0.868. The summed E-state index contributed by atoms with van der Waals surface area (Å²) in [6, 6.07) is 12.6. The standard InChI is InChI=1S/C17H18FNO/c1-11-6-7-14(18)9-15(11)17(19)13-8-12-4-2-3-5-16(12)20-10-13/h2-7,9,13,17H,8,10,19H2,1H3. The molecule has 0 saturated carbocycles. The van der Waals surface area contributed by atoms with Crippen LogP contribution in [0.2, 0.25) is 0 Å². The average Bonchev–Trinajstić information content (AvgIpc) is 2.48. The van der Waals surface area contributed by atoms with Gasteiger partial charge in [-0.25, -0.2) is 4.39 Å². The van der Waals surface area contributed by atoms with E-state index in [1.54, 1.807) is 12.1 Å². The highest BCUT2D eigenvalue weighted by Crippen LogP contribution is 2.33. The van der Waals surface area contributed by atoms with E-state index in [2.05, 4.69) is 6.07 Å². The predicted octanol–water partition coefficient (Wildman–Crippen LogP) is 3.39. The first-order valence-corrected chi connectivity index (χ1v) is 6.87. The fraction of sp³-hybridized carbons (Fsp3) is 0.294. The highest BCUT2D eigenvalue weighted by Gasteiger charge is 2.27. The Kier molecular flexibility index (Phi) is 3.45. The Morgan fingerprint density at radius 1 is 1.25 bits per heavy atom. The van der Waals surface area contributed by atoms with E-state index >= 15 is 0 Å². The summed E-state index contributed by atoms with van der Waals surface area (Å²) in [6.45, 7) is 2.54. The average molecular weight is 271 g/mol. The number of benzene rings is 2. The molecular weight excluding hydrogens is 253 g/mol. The van der Waals surface area contributed by atoms with E-state index in [1.165, 1.54) is 11.6 Å². The number of hydrogen-bond acceptors (Lipinski definition) is 2. The van der Waals surface area contributed by atoms with Crippen molar-refractivity contribution in [3.63, 3.8) is 0 Å². The summed E-state index contributed by atoms with van der Waals surface area (Å²) < 4.78 is 19.2. The lowest BCUT2D eigenvalue weighted by Gasteiger charge is -2.30. The summed E-state index contributed by atoms with van der Waals surface area (Å²) >= 11 is 0. The highest BCUT2D eigenvalue weighted by atomic mass is 19.1. The van der Waals surface area contributed by atoms with Crippen LogP contribution in [-0.4, -0.2) is 6.61 Å². The van der Waals surface area contributed by atoms with Gasteiger partial charge in [0, 0.05) is 12.0 Å². The Morgan fingerprint density at radius 2 is 2.05 bits per heavy atom. The van der Waals surface area contributed by atoms with E-state index in [0.717, 1.165) is 23.3 Å². The van der Waals surface area contributed by atoms with Gasteiger partial charge in [-0.2, -0.15) is 0 Å². The van der Waals surface area contributed by atoms with Gasteiger partial charge in [-0.05, 0) is 48.2 Å². The number of hydrogen-bond donors (Lipinski definition) is 1. The van der Waals surface area contributed by atoms with Gasteiger partial charge in [0.1, 0.15) is 11.6 Å². The molecule has 3 rings (SSSR count). The van der Waals surface area contributed by atoms with Crippen molar-refractivity contribution in [1.29, 1.82) is 0 Å². The van der Waals surface area contributed by atoms with E-state index in [4.69, 9.17) is 10.5 Å². The minimum absolute atomic E-state index is 0.172. The monoisotopic (exact) mass is 271 g/mol. The molecule has 0 spiro atoms. The SMILES string of the molecule is Cc1ccc(F)cc1C(N)C1COc2ccccc2C1. The Morgan fingerprint density at radius 3 is 2.90 bits per heavy atom. The molecule has 2 nitrogen and oxygen atoms in total. The Bertz CT molecular complexity index is 626. The molecule has 0 amide bonds. The molecule has 0 aromatic heterocycles. The zero-order valence-electron chi connectivity index (χ0n) is 11.5. The van der Waals surface area contributed by atoms with Gasteiger partial charge in [-0.3, -0.25) is 0 Å². The molecule has 1 heterocycles. The molecule has 0 bridgehead atoms. The summed E-state index contributed by atoms with van der Waals surface area (Å²) in [5.41, 5.74) is 9.42. The maximum Gasteiger partial charge on any atom is 0.123 e. The van der Waals surface area contributed by atoms with Crippen LogP contribution in [0.15, 0.2) is 42.5 Å². The van der Waals surface area contributed by atoms with Crippen molar-refractivity contribution in [1.82, 2.24) is 0 Å². The Labute approximate surface area is 118 Å². The van der Waals surface area contributed by atoms with Crippen LogP contribution in [0.4, 0.5) is 4.39 Å². The van der Waals surface area contributed by atoms with Crippen molar-refractivity contribution in [3.05, 3.63) is 65.0 Å². The molecule has 2 unspecified atom stereocenters. The second kappa shape index (κ2) is 5.25. The molecule has 104 valence electrons. The van der Waals surface area contributed by atoms with Gasteiger partial charge in [-0.15, -0.1) is 0 Å². The molecule has 0 fully saturated rings. The third-order valence-corrected chi connectivity index (χ3v) is 4.02. The predicted molar refractivity (Wildman–Crippen MR) is 77.2 cm³/mol. The van der Waals surface area contributed by atoms with E-state index in [9.17, 15) is 4.39 Å². The maximum absolute atomic E-state index is 13.4. The number of aryl methyl sites for hydroxylation is 1. The van der Waals surface area contributed by atoms with E-state index in [1.807, 2.05) is 25.1 Å². The molecule has 1 aliphatic rings. The summed E-state index contributed by atoms with van der Waals surface area (Å²) in [5.74, 6) is 0.871. The van der Waals surface area contributed by atoms with Gasteiger partial charge >= 0.3 is 0 Å². The molecule has 1 aliphatic heterocycles. The van der Waals surface area contributed by atoms with Crippen molar-refractivity contribution in [2.45, 2.75) is 19.4 Å². The molecule has 0 aliphatic carbocycles. The van der Waals surface area contributed by atoms with Crippen LogP contribution in [0.3, 0.4) is 0 Å². The molecule has 2 aromatic carbocycles. The van der Waals surface area contributed by atoms with Crippen LogP contribution < -0.4 is 10.5 Å². The number of nitrogens with two attached hydrogens (primary N) is 1. The van der Waals surface area contributed by atoms with Crippen LogP contribution in [0.1, 0.15) is 22.7 Å². The quantitative estimate of drug-likeness (QED) is 0.908. The van der Waals surface area contributed by atoms with E-state index in [0.29, 0.717) is 6.61 Å². The third-order valence-electron chi connectivity index (χ3n) is 4.02.